The lowest BCUT2D eigenvalue weighted by atomic mass is 9.90. The predicted molar refractivity (Wildman–Crippen MR) is 79.4 cm³/mol. The molecule has 0 aromatic heterocycles. The fraction of sp³-hybridized carbons (Fsp3) is 0.500. The molecule has 114 valence electrons. The minimum Gasteiger partial charge on any atom is -0.396 e. The van der Waals surface area contributed by atoms with Crippen molar-refractivity contribution in [2.75, 3.05) is 31.3 Å². The summed E-state index contributed by atoms with van der Waals surface area (Å²) in [5.74, 6) is -0.0490. The normalized spacial score (nSPS) is 18.6. The molecule has 1 aromatic rings. The summed E-state index contributed by atoms with van der Waals surface area (Å²) in [4.78, 5) is 25.1. The second-order valence-corrected chi connectivity index (χ2v) is 5.20. The number of benzene rings is 1. The average Bonchev–Trinajstić information content (AvgIpc) is 2.49. The van der Waals surface area contributed by atoms with Gasteiger partial charge in [-0.2, -0.15) is 0 Å². The molecule has 1 aromatic carbocycles. The Labute approximate surface area is 124 Å². The van der Waals surface area contributed by atoms with Gasteiger partial charge in [-0.15, -0.1) is 0 Å². The van der Waals surface area contributed by atoms with Crippen LogP contribution in [0.4, 0.5) is 5.69 Å². The van der Waals surface area contributed by atoms with Crippen LogP contribution in [0.1, 0.15) is 31.2 Å². The van der Waals surface area contributed by atoms with Gasteiger partial charge >= 0.3 is 0 Å². The summed E-state index contributed by atoms with van der Waals surface area (Å²) in [6.45, 7) is 2.84. The first-order chi connectivity index (χ1) is 10.1. The fourth-order valence-corrected chi connectivity index (χ4v) is 2.57. The van der Waals surface area contributed by atoms with Gasteiger partial charge in [0.25, 0.3) is 0 Å². The largest absolute Gasteiger partial charge is 0.396 e. The maximum Gasteiger partial charge on any atom is 0.223 e. The Morgan fingerprint density at radius 2 is 2.10 bits per heavy atom. The number of aliphatic hydroxyl groups excluding tert-OH is 1. The highest BCUT2D eigenvalue weighted by atomic mass is 16.5. The van der Waals surface area contributed by atoms with Crippen molar-refractivity contribution in [1.82, 2.24) is 0 Å². The summed E-state index contributed by atoms with van der Waals surface area (Å²) < 4.78 is 5.15. The second-order valence-electron chi connectivity index (χ2n) is 5.20. The highest BCUT2D eigenvalue weighted by molar-refractivity contribution is 5.92. The summed E-state index contributed by atoms with van der Waals surface area (Å²) >= 11 is 0. The van der Waals surface area contributed by atoms with E-state index in [0.29, 0.717) is 26.0 Å². The molecule has 1 heterocycles. The third-order valence-corrected chi connectivity index (χ3v) is 3.71. The topological polar surface area (TPSA) is 66.8 Å². The van der Waals surface area contributed by atoms with Crippen LogP contribution in [0.25, 0.3) is 0 Å². The van der Waals surface area contributed by atoms with E-state index in [9.17, 15) is 9.59 Å². The van der Waals surface area contributed by atoms with Crippen LogP contribution in [0.5, 0.6) is 0 Å². The van der Waals surface area contributed by atoms with Gasteiger partial charge in [-0.3, -0.25) is 9.59 Å². The predicted octanol–water partition coefficient (Wildman–Crippen LogP) is 1.49. The van der Waals surface area contributed by atoms with Gasteiger partial charge in [0, 0.05) is 38.3 Å². The van der Waals surface area contributed by atoms with E-state index < -0.39 is 0 Å². The molecule has 5 heteroatoms. The Morgan fingerprint density at radius 3 is 2.67 bits per heavy atom. The molecular formula is C16H21NO4. The Morgan fingerprint density at radius 1 is 1.38 bits per heavy atom. The summed E-state index contributed by atoms with van der Waals surface area (Å²) in [5, 5.41) is 8.90. The molecule has 1 aliphatic heterocycles. The molecule has 0 radical (unpaired) electrons. The zero-order valence-corrected chi connectivity index (χ0v) is 12.2. The van der Waals surface area contributed by atoms with Crippen molar-refractivity contribution in [3.05, 3.63) is 29.8 Å². The highest BCUT2D eigenvalue weighted by Crippen LogP contribution is 2.26. The van der Waals surface area contributed by atoms with Gasteiger partial charge in [-0.25, -0.2) is 0 Å². The van der Waals surface area contributed by atoms with Crippen molar-refractivity contribution in [2.24, 2.45) is 0 Å². The number of Topliss-reactive ketones (excluding diaryl/α,β-unsaturated/α-hetero) is 1. The number of rotatable bonds is 5. The average molecular weight is 291 g/mol. The molecule has 1 aliphatic rings. The Balaban J connectivity index is 2.13. The lowest BCUT2D eigenvalue weighted by Gasteiger charge is -2.23. The van der Waals surface area contributed by atoms with E-state index >= 15 is 0 Å². The van der Waals surface area contributed by atoms with Gasteiger partial charge in [0.05, 0.1) is 0 Å². The number of carbonyl (C=O) groups excluding carboxylic acids is 2. The van der Waals surface area contributed by atoms with Crippen LogP contribution in [-0.4, -0.2) is 43.2 Å². The number of ether oxygens (including phenoxy) is 1. The van der Waals surface area contributed by atoms with E-state index in [2.05, 4.69) is 0 Å². The zero-order chi connectivity index (χ0) is 15.2. The smallest absolute Gasteiger partial charge is 0.223 e. The van der Waals surface area contributed by atoms with Gasteiger partial charge in [0.15, 0.2) is 5.78 Å². The first-order valence-corrected chi connectivity index (χ1v) is 7.23. The minimum absolute atomic E-state index is 0.0540. The standard InChI is InChI=1S/C16H21NO4/c1-12(19)17(8-2-9-18)14-5-3-13(4-6-14)15-7-10-21-11-16(15)20/h3-6,15,18H,2,7-11H2,1H3. The zero-order valence-electron chi connectivity index (χ0n) is 12.2. The van der Waals surface area contributed by atoms with Gasteiger partial charge < -0.3 is 14.7 Å². The molecule has 0 spiro atoms. The summed E-state index contributed by atoms with van der Waals surface area (Å²) in [6, 6.07) is 7.52. The molecule has 5 nitrogen and oxygen atoms in total. The summed E-state index contributed by atoms with van der Waals surface area (Å²) in [7, 11) is 0. The molecule has 1 saturated heterocycles. The number of amides is 1. The van der Waals surface area contributed by atoms with E-state index in [4.69, 9.17) is 9.84 Å². The molecule has 0 saturated carbocycles. The highest BCUT2D eigenvalue weighted by Gasteiger charge is 2.24. The van der Waals surface area contributed by atoms with Crippen molar-refractivity contribution < 1.29 is 19.4 Å². The monoisotopic (exact) mass is 291 g/mol. The van der Waals surface area contributed by atoms with Crippen LogP contribution in [-0.2, 0) is 14.3 Å². The molecule has 21 heavy (non-hydrogen) atoms. The van der Waals surface area contributed by atoms with Crippen molar-refractivity contribution in [2.45, 2.75) is 25.7 Å². The number of hydrogen-bond donors (Lipinski definition) is 1. The molecule has 1 fully saturated rings. The first-order valence-electron chi connectivity index (χ1n) is 7.23. The molecule has 1 amide bonds. The summed E-state index contributed by atoms with van der Waals surface area (Å²) in [5.41, 5.74) is 1.76. The SMILES string of the molecule is CC(=O)N(CCCO)c1ccc(C2CCOCC2=O)cc1. The first kappa shape index (κ1) is 15.7. The third-order valence-electron chi connectivity index (χ3n) is 3.71. The number of anilines is 1. The lowest BCUT2D eigenvalue weighted by molar-refractivity contribution is -0.129. The molecule has 0 bridgehead atoms. The van der Waals surface area contributed by atoms with Crippen LogP contribution >= 0.6 is 0 Å². The molecule has 1 unspecified atom stereocenters. The van der Waals surface area contributed by atoms with Crippen LogP contribution in [0.3, 0.4) is 0 Å². The van der Waals surface area contributed by atoms with Gasteiger partial charge in [-0.1, -0.05) is 12.1 Å². The lowest BCUT2D eigenvalue weighted by Crippen LogP contribution is -2.30. The molecule has 2 rings (SSSR count). The summed E-state index contributed by atoms with van der Waals surface area (Å²) in [6.07, 6.45) is 1.25. The van der Waals surface area contributed by atoms with Crippen LogP contribution in [0.15, 0.2) is 24.3 Å². The maximum atomic E-state index is 11.8. The Kier molecular flexibility index (Phi) is 5.47. The van der Waals surface area contributed by atoms with Crippen molar-refractivity contribution in [1.29, 1.82) is 0 Å². The molecular weight excluding hydrogens is 270 g/mol. The number of nitrogens with zero attached hydrogens (tertiary/aromatic N) is 1. The number of carbonyl (C=O) groups is 2. The second kappa shape index (κ2) is 7.33. The van der Waals surface area contributed by atoms with E-state index in [-0.39, 0.29) is 30.8 Å². The van der Waals surface area contributed by atoms with Crippen LogP contribution < -0.4 is 4.90 Å². The maximum absolute atomic E-state index is 11.8. The van der Waals surface area contributed by atoms with Crippen LogP contribution in [0, 0.1) is 0 Å². The number of aliphatic hydroxyl groups is 1. The number of hydrogen-bond acceptors (Lipinski definition) is 4. The minimum atomic E-state index is -0.101. The van der Waals surface area contributed by atoms with Crippen molar-refractivity contribution in [3.8, 4) is 0 Å². The van der Waals surface area contributed by atoms with E-state index in [1.54, 1.807) is 4.90 Å². The van der Waals surface area contributed by atoms with Gasteiger partial charge in [0.1, 0.15) is 6.61 Å². The quantitative estimate of drug-likeness (QED) is 0.892. The Hall–Kier alpha value is -1.72. The molecule has 1 N–H and O–H groups in total. The van der Waals surface area contributed by atoms with E-state index in [1.807, 2.05) is 24.3 Å². The van der Waals surface area contributed by atoms with Crippen molar-refractivity contribution in [3.63, 3.8) is 0 Å². The van der Waals surface area contributed by atoms with Crippen molar-refractivity contribution >= 4 is 17.4 Å². The van der Waals surface area contributed by atoms with E-state index in [1.165, 1.54) is 6.92 Å². The molecule has 1 atom stereocenters. The third kappa shape index (κ3) is 3.89. The Bertz CT molecular complexity index is 498. The van der Waals surface area contributed by atoms with E-state index in [0.717, 1.165) is 11.3 Å². The fourth-order valence-electron chi connectivity index (χ4n) is 2.57. The van der Waals surface area contributed by atoms with Gasteiger partial charge in [-0.05, 0) is 30.5 Å². The number of ketones is 1. The van der Waals surface area contributed by atoms with Crippen LogP contribution in [0.2, 0.25) is 0 Å². The molecule has 0 aliphatic carbocycles. The van der Waals surface area contributed by atoms with Gasteiger partial charge in [0.2, 0.25) is 5.91 Å².